The van der Waals surface area contributed by atoms with Crippen molar-refractivity contribution in [2.24, 2.45) is 0 Å². The van der Waals surface area contributed by atoms with Gasteiger partial charge in [-0.15, -0.1) is 0 Å². The highest BCUT2D eigenvalue weighted by molar-refractivity contribution is 5.86. The predicted molar refractivity (Wildman–Crippen MR) is 58.2 cm³/mol. The lowest BCUT2D eigenvalue weighted by atomic mass is 10.1. The van der Waals surface area contributed by atoms with Crippen LogP contribution < -0.4 is 5.32 Å². The Labute approximate surface area is 78.4 Å². The average Bonchev–Trinajstić information content (AvgIpc) is 2.16. The van der Waals surface area contributed by atoms with Crippen molar-refractivity contribution in [3.05, 3.63) is 42.0 Å². The van der Waals surface area contributed by atoms with Crippen molar-refractivity contribution < 1.29 is 0 Å². The Morgan fingerprint density at radius 3 is 2.46 bits per heavy atom. The molecule has 0 saturated carbocycles. The molecule has 0 bridgehead atoms. The summed E-state index contributed by atoms with van der Waals surface area (Å²) in [5.41, 5.74) is 2.47. The predicted octanol–water partition coefficient (Wildman–Crippen LogP) is 3.19. The van der Waals surface area contributed by atoms with Crippen LogP contribution in [0.5, 0.6) is 0 Å². The Bertz CT molecular complexity index is 432. The Morgan fingerprint density at radius 2 is 1.69 bits per heavy atom. The summed E-state index contributed by atoms with van der Waals surface area (Å²) in [6, 6.07) is 12.9. The Morgan fingerprint density at radius 1 is 0.923 bits per heavy atom. The van der Waals surface area contributed by atoms with E-state index in [2.05, 4.69) is 48.6 Å². The van der Waals surface area contributed by atoms with E-state index in [1.807, 2.05) is 7.05 Å². The number of anilines is 1. The maximum atomic E-state index is 3.14. The third kappa shape index (κ3) is 1.50. The summed E-state index contributed by atoms with van der Waals surface area (Å²) in [4.78, 5) is 0. The molecule has 0 aliphatic rings. The minimum atomic E-state index is 1.16. The van der Waals surface area contributed by atoms with E-state index in [0.29, 0.717) is 0 Å². The molecule has 2 aromatic rings. The van der Waals surface area contributed by atoms with Crippen LogP contribution in [-0.4, -0.2) is 7.05 Å². The van der Waals surface area contributed by atoms with E-state index >= 15 is 0 Å². The van der Waals surface area contributed by atoms with Crippen molar-refractivity contribution >= 4 is 16.5 Å². The first-order chi connectivity index (χ1) is 6.29. The van der Waals surface area contributed by atoms with E-state index in [1.165, 1.54) is 16.3 Å². The number of rotatable bonds is 1. The zero-order valence-electron chi connectivity index (χ0n) is 7.96. The van der Waals surface area contributed by atoms with Crippen molar-refractivity contribution in [3.63, 3.8) is 0 Å². The van der Waals surface area contributed by atoms with Crippen LogP contribution in [0.25, 0.3) is 10.8 Å². The Kier molecular flexibility index (Phi) is 1.93. The van der Waals surface area contributed by atoms with Crippen LogP contribution in [0.1, 0.15) is 5.56 Å². The van der Waals surface area contributed by atoms with Gasteiger partial charge in [0.05, 0.1) is 0 Å². The highest BCUT2D eigenvalue weighted by atomic mass is 14.8. The molecule has 0 aromatic heterocycles. The van der Waals surface area contributed by atoms with E-state index in [9.17, 15) is 0 Å². The lowest BCUT2D eigenvalue weighted by molar-refractivity contribution is 1.49. The van der Waals surface area contributed by atoms with Gasteiger partial charge < -0.3 is 5.32 Å². The first kappa shape index (κ1) is 8.11. The second-order valence-corrected chi connectivity index (χ2v) is 3.32. The van der Waals surface area contributed by atoms with Gasteiger partial charge in [0.1, 0.15) is 0 Å². The van der Waals surface area contributed by atoms with Crippen LogP contribution in [0, 0.1) is 6.92 Å². The summed E-state index contributed by atoms with van der Waals surface area (Å²) >= 11 is 0. The maximum Gasteiger partial charge on any atom is 0.0343 e. The number of aryl methyl sites for hydroxylation is 1. The Hall–Kier alpha value is -1.50. The first-order valence-electron chi connectivity index (χ1n) is 4.48. The second-order valence-electron chi connectivity index (χ2n) is 3.32. The van der Waals surface area contributed by atoms with Crippen molar-refractivity contribution in [3.8, 4) is 0 Å². The lowest BCUT2D eigenvalue weighted by Gasteiger charge is -2.03. The van der Waals surface area contributed by atoms with Crippen LogP contribution in [0.4, 0.5) is 5.69 Å². The fraction of sp³-hybridized carbons (Fsp3) is 0.167. The quantitative estimate of drug-likeness (QED) is 0.694. The van der Waals surface area contributed by atoms with Crippen LogP contribution in [0.2, 0.25) is 0 Å². The minimum absolute atomic E-state index is 1.16. The SMILES string of the molecule is CNc1ccc2ccc(C)cc2c1. The smallest absolute Gasteiger partial charge is 0.0343 e. The molecule has 0 radical (unpaired) electrons. The normalized spacial score (nSPS) is 10.3. The molecule has 1 nitrogen and oxygen atoms in total. The van der Waals surface area contributed by atoms with Crippen molar-refractivity contribution in [1.82, 2.24) is 0 Å². The van der Waals surface area contributed by atoms with Gasteiger partial charge in [-0.2, -0.15) is 0 Å². The molecule has 0 atom stereocenters. The van der Waals surface area contributed by atoms with Crippen molar-refractivity contribution in [2.45, 2.75) is 6.92 Å². The van der Waals surface area contributed by atoms with Crippen molar-refractivity contribution in [2.75, 3.05) is 12.4 Å². The molecule has 2 aromatic carbocycles. The van der Waals surface area contributed by atoms with Crippen LogP contribution in [-0.2, 0) is 0 Å². The number of benzene rings is 2. The van der Waals surface area contributed by atoms with Crippen LogP contribution in [0.15, 0.2) is 36.4 Å². The standard InChI is InChI=1S/C12H13N/c1-9-3-4-10-5-6-12(13-2)8-11(10)7-9/h3-8,13H,1-2H3. The van der Waals surface area contributed by atoms with E-state index < -0.39 is 0 Å². The molecule has 0 heterocycles. The summed E-state index contributed by atoms with van der Waals surface area (Å²) in [5, 5.41) is 5.73. The van der Waals surface area contributed by atoms with Gasteiger partial charge in [0.25, 0.3) is 0 Å². The molecule has 1 N–H and O–H groups in total. The molecular weight excluding hydrogens is 158 g/mol. The average molecular weight is 171 g/mol. The molecule has 13 heavy (non-hydrogen) atoms. The zero-order valence-corrected chi connectivity index (χ0v) is 7.96. The fourth-order valence-electron chi connectivity index (χ4n) is 1.52. The van der Waals surface area contributed by atoms with Gasteiger partial charge in [-0.25, -0.2) is 0 Å². The monoisotopic (exact) mass is 171 g/mol. The summed E-state index contributed by atoms with van der Waals surface area (Å²) in [5.74, 6) is 0. The summed E-state index contributed by atoms with van der Waals surface area (Å²) in [6.45, 7) is 2.12. The van der Waals surface area contributed by atoms with Gasteiger partial charge >= 0.3 is 0 Å². The highest BCUT2D eigenvalue weighted by Crippen LogP contribution is 2.19. The van der Waals surface area contributed by atoms with Gasteiger partial charge in [0.15, 0.2) is 0 Å². The minimum Gasteiger partial charge on any atom is -0.388 e. The van der Waals surface area contributed by atoms with E-state index in [0.717, 1.165) is 5.69 Å². The number of hydrogen-bond acceptors (Lipinski definition) is 1. The summed E-state index contributed by atoms with van der Waals surface area (Å²) in [7, 11) is 1.94. The summed E-state index contributed by atoms with van der Waals surface area (Å²) < 4.78 is 0. The molecule has 1 heteroatoms. The van der Waals surface area contributed by atoms with Crippen LogP contribution >= 0.6 is 0 Å². The highest BCUT2D eigenvalue weighted by Gasteiger charge is 1.94. The number of hydrogen-bond donors (Lipinski definition) is 1. The number of nitrogens with one attached hydrogen (secondary N) is 1. The molecule has 2 rings (SSSR count). The first-order valence-corrected chi connectivity index (χ1v) is 4.48. The van der Waals surface area contributed by atoms with Gasteiger partial charge in [-0.3, -0.25) is 0 Å². The molecular formula is C12H13N. The van der Waals surface area contributed by atoms with Gasteiger partial charge in [0.2, 0.25) is 0 Å². The molecule has 0 spiro atoms. The van der Waals surface area contributed by atoms with Crippen LogP contribution in [0.3, 0.4) is 0 Å². The van der Waals surface area contributed by atoms with Gasteiger partial charge in [-0.1, -0.05) is 29.8 Å². The molecule has 0 saturated heterocycles. The maximum absolute atomic E-state index is 3.14. The second kappa shape index (κ2) is 3.09. The van der Waals surface area contributed by atoms with E-state index in [-0.39, 0.29) is 0 Å². The van der Waals surface area contributed by atoms with E-state index in [1.54, 1.807) is 0 Å². The molecule has 0 fully saturated rings. The lowest BCUT2D eigenvalue weighted by Crippen LogP contribution is -1.86. The van der Waals surface area contributed by atoms with Gasteiger partial charge in [-0.05, 0) is 29.8 Å². The molecule has 0 amide bonds. The largest absolute Gasteiger partial charge is 0.388 e. The number of fused-ring (bicyclic) bond motifs is 1. The van der Waals surface area contributed by atoms with Gasteiger partial charge in [0, 0.05) is 12.7 Å². The van der Waals surface area contributed by atoms with Crippen molar-refractivity contribution in [1.29, 1.82) is 0 Å². The fourth-order valence-corrected chi connectivity index (χ4v) is 1.52. The molecule has 0 aliphatic heterocycles. The molecule has 0 unspecified atom stereocenters. The summed E-state index contributed by atoms with van der Waals surface area (Å²) in [6.07, 6.45) is 0. The van der Waals surface area contributed by atoms with E-state index in [4.69, 9.17) is 0 Å². The molecule has 0 aliphatic carbocycles. The zero-order chi connectivity index (χ0) is 9.26. The third-order valence-electron chi connectivity index (χ3n) is 2.28. The third-order valence-corrected chi connectivity index (χ3v) is 2.28. The Balaban J connectivity index is 2.68. The molecule has 66 valence electrons. The topological polar surface area (TPSA) is 12.0 Å².